The zero-order chi connectivity index (χ0) is 16.7. The maximum atomic E-state index is 12.0. The highest BCUT2D eigenvalue weighted by atomic mass is 35.5. The molecule has 0 radical (unpaired) electrons. The van der Waals surface area contributed by atoms with Crippen molar-refractivity contribution >= 4 is 28.8 Å². The van der Waals surface area contributed by atoms with Crippen molar-refractivity contribution in [3.63, 3.8) is 0 Å². The summed E-state index contributed by atoms with van der Waals surface area (Å²) in [6.45, 7) is 4.39. The molecule has 0 saturated heterocycles. The van der Waals surface area contributed by atoms with Crippen LogP contribution < -0.4 is 10.1 Å². The highest BCUT2D eigenvalue weighted by molar-refractivity contribution is 7.09. The van der Waals surface area contributed by atoms with E-state index in [9.17, 15) is 4.79 Å². The number of amides is 1. The number of ether oxygens (including phenoxy) is 1. The van der Waals surface area contributed by atoms with Crippen molar-refractivity contribution < 1.29 is 9.53 Å². The zero-order valence-corrected chi connectivity index (χ0v) is 14.9. The molecule has 2 rings (SSSR count). The van der Waals surface area contributed by atoms with E-state index in [2.05, 4.69) is 15.7 Å². The van der Waals surface area contributed by atoms with E-state index in [0.717, 1.165) is 30.0 Å². The molecule has 4 nitrogen and oxygen atoms in total. The maximum Gasteiger partial charge on any atom is 0.260 e. The van der Waals surface area contributed by atoms with Gasteiger partial charge >= 0.3 is 0 Å². The van der Waals surface area contributed by atoms with Crippen molar-refractivity contribution in [2.75, 3.05) is 6.54 Å². The fourth-order valence-electron chi connectivity index (χ4n) is 2.04. The van der Waals surface area contributed by atoms with Crippen LogP contribution in [0.25, 0.3) is 0 Å². The number of thiazole rings is 1. The van der Waals surface area contributed by atoms with Crippen molar-refractivity contribution in [1.82, 2.24) is 10.3 Å². The molecule has 0 fully saturated rings. The number of aromatic nitrogens is 1. The quantitative estimate of drug-likeness (QED) is 0.730. The minimum atomic E-state index is -0.530. The summed E-state index contributed by atoms with van der Waals surface area (Å²) in [6, 6.07) is 6.98. The molecule has 0 bridgehead atoms. The molecular formula is C17H21ClN2O2S. The summed E-state index contributed by atoms with van der Waals surface area (Å²) in [6.07, 6.45) is 2.38. The molecule has 0 spiro atoms. The molecule has 124 valence electrons. The molecule has 1 amide bonds. The van der Waals surface area contributed by atoms with Gasteiger partial charge in [-0.3, -0.25) is 4.79 Å². The lowest BCUT2D eigenvalue weighted by atomic mass is 10.2. The molecule has 0 aliphatic carbocycles. The minimum absolute atomic E-state index is 0.106. The molecule has 0 aliphatic rings. The second-order valence-corrected chi connectivity index (χ2v) is 6.72. The maximum absolute atomic E-state index is 12.0. The van der Waals surface area contributed by atoms with Gasteiger partial charge < -0.3 is 10.1 Å². The van der Waals surface area contributed by atoms with Crippen molar-refractivity contribution in [2.45, 2.75) is 39.2 Å². The van der Waals surface area contributed by atoms with Gasteiger partial charge in [0.05, 0.1) is 5.01 Å². The van der Waals surface area contributed by atoms with Gasteiger partial charge in [-0.05, 0) is 57.4 Å². The number of benzene rings is 1. The molecule has 23 heavy (non-hydrogen) atoms. The fourth-order valence-corrected chi connectivity index (χ4v) is 2.99. The average Bonchev–Trinajstić information content (AvgIpc) is 2.94. The number of nitrogens with zero attached hydrogens (tertiary/aromatic N) is 1. The average molecular weight is 353 g/mol. The number of aryl methyl sites for hydroxylation is 2. The summed E-state index contributed by atoms with van der Waals surface area (Å²) in [5, 5.41) is 6.76. The summed E-state index contributed by atoms with van der Waals surface area (Å²) in [4.78, 5) is 16.4. The smallest absolute Gasteiger partial charge is 0.260 e. The van der Waals surface area contributed by atoms with Gasteiger partial charge in [-0.2, -0.15) is 0 Å². The Kier molecular flexibility index (Phi) is 6.86. The molecule has 1 aromatic carbocycles. The van der Waals surface area contributed by atoms with Crippen molar-refractivity contribution in [1.29, 1.82) is 0 Å². The van der Waals surface area contributed by atoms with Crippen LogP contribution in [0.2, 0.25) is 5.02 Å². The van der Waals surface area contributed by atoms with E-state index < -0.39 is 6.10 Å². The molecule has 2 aromatic rings. The molecule has 0 unspecified atom stereocenters. The Labute approximate surface area is 145 Å². The van der Waals surface area contributed by atoms with E-state index in [4.69, 9.17) is 16.3 Å². The third kappa shape index (κ3) is 6.20. The SMILES string of the molecule is Cc1csc(CCCCNC(=O)[C@H](C)Oc2ccc(Cl)cc2)n1. The van der Waals surface area contributed by atoms with Gasteiger partial charge in [0.25, 0.3) is 5.91 Å². The largest absolute Gasteiger partial charge is 0.481 e. The molecule has 0 saturated carbocycles. The van der Waals surface area contributed by atoms with Gasteiger partial charge in [-0.25, -0.2) is 4.98 Å². The first-order chi connectivity index (χ1) is 11.0. The van der Waals surface area contributed by atoms with Gasteiger partial charge in [-0.15, -0.1) is 11.3 Å². The van der Waals surface area contributed by atoms with Crippen molar-refractivity contribution in [2.24, 2.45) is 0 Å². The van der Waals surface area contributed by atoms with E-state index >= 15 is 0 Å². The van der Waals surface area contributed by atoms with Crippen LogP contribution >= 0.6 is 22.9 Å². The van der Waals surface area contributed by atoms with Crippen LogP contribution in [-0.2, 0) is 11.2 Å². The molecule has 6 heteroatoms. The van der Waals surface area contributed by atoms with E-state index in [1.54, 1.807) is 42.5 Å². The third-order valence-corrected chi connectivity index (χ3v) is 4.56. The highest BCUT2D eigenvalue weighted by Gasteiger charge is 2.13. The number of nitrogens with one attached hydrogen (secondary N) is 1. The standard InChI is InChI=1S/C17H21ClN2O2S/c1-12-11-23-16(20-12)5-3-4-10-19-17(21)13(2)22-15-8-6-14(18)7-9-15/h6-9,11,13H,3-5,10H2,1-2H3,(H,19,21)/t13-/m0/s1. The number of hydrogen-bond acceptors (Lipinski definition) is 4. The summed E-state index contributed by atoms with van der Waals surface area (Å²) < 4.78 is 5.58. The van der Waals surface area contributed by atoms with Crippen LogP contribution in [-0.4, -0.2) is 23.5 Å². The second kappa shape index (κ2) is 8.89. The van der Waals surface area contributed by atoms with Crippen molar-refractivity contribution in [3.8, 4) is 5.75 Å². The number of rotatable bonds is 8. The predicted molar refractivity (Wildman–Crippen MR) is 94.3 cm³/mol. The molecule has 1 N–H and O–H groups in total. The Morgan fingerprint density at radius 1 is 1.35 bits per heavy atom. The lowest BCUT2D eigenvalue weighted by Gasteiger charge is -2.14. The monoisotopic (exact) mass is 352 g/mol. The Morgan fingerprint density at radius 2 is 2.09 bits per heavy atom. The highest BCUT2D eigenvalue weighted by Crippen LogP contribution is 2.16. The van der Waals surface area contributed by atoms with Crippen LogP contribution in [0.4, 0.5) is 0 Å². The number of carbonyl (C=O) groups is 1. The van der Waals surface area contributed by atoms with Gasteiger partial charge in [0.2, 0.25) is 0 Å². The van der Waals surface area contributed by atoms with Gasteiger partial charge in [-0.1, -0.05) is 11.6 Å². The normalized spacial score (nSPS) is 12.0. The lowest BCUT2D eigenvalue weighted by molar-refractivity contribution is -0.127. The molecular weight excluding hydrogens is 332 g/mol. The number of carbonyl (C=O) groups excluding carboxylic acids is 1. The van der Waals surface area contributed by atoms with Crippen LogP contribution in [0, 0.1) is 6.92 Å². The zero-order valence-electron chi connectivity index (χ0n) is 13.3. The fraction of sp³-hybridized carbons (Fsp3) is 0.412. The second-order valence-electron chi connectivity index (χ2n) is 5.34. The minimum Gasteiger partial charge on any atom is -0.481 e. The number of halogens is 1. The summed E-state index contributed by atoms with van der Waals surface area (Å²) >= 11 is 7.51. The predicted octanol–water partition coefficient (Wildman–Crippen LogP) is 4.01. The lowest BCUT2D eigenvalue weighted by Crippen LogP contribution is -2.36. The molecule has 1 atom stereocenters. The summed E-state index contributed by atoms with van der Waals surface area (Å²) in [7, 11) is 0. The van der Waals surface area contributed by atoms with E-state index in [-0.39, 0.29) is 5.91 Å². The van der Waals surface area contributed by atoms with Gasteiger partial charge in [0.1, 0.15) is 5.75 Å². The molecule has 1 heterocycles. The Bertz CT molecular complexity index is 628. The summed E-state index contributed by atoms with van der Waals surface area (Å²) in [5.41, 5.74) is 1.08. The van der Waals surface area contributed by atoms with Crippen LogP contribution in [0.3, 0.4) is 0 Å². The van der Waals surface area contributed by atoms with E-state index in [1.807, 2.05) is 6.92 Å². The number of hydrogen-bond donors (Lipinski definition) is 1. The Balaban J connectivity index is 1.62. The van der Waals surface area contributed by atoms with Crippen molar-refractivity contribution in [3.05, 3.63) is 45.4 Å². The first-order valence-electron chi connectivity index (χ1n) is 7.65. The topological polar surface area (TPSA) is 51.2 Å². The van der Waals surface area contributed by atoms with Crippen LogP contribution in [0.15, 0.2) is 29.6 Å². The van der Waals surface area contributed by atoms with E-state index in [1.165, 1.54) is 0 Å². The third-order valence-electron chi connectivity index (χ3n) is 3.28. The Hall–Kier alpha value is -1.59. The number of unbranched alkanes of at least 4 members (excludes halogenated alkanes) is 1. The molecule has 0 aliphatic heterocycles. The first-order valence-corrected chi connectivity index (χ1v) is 8.91. The molecule has 1 aromatic heterocycles. The Morgan fingerprint density at radius 3 is 2.74 bits per heavy atom. The first kappa shape index (κ1) is 17.8. The van der Waals surface area contributed by atoms with E-state index in [0.29, 0.717) is 17.3 Å². The van der Waals surface area contributed by atoms with Crippen LogP contribution in [0.1, 0.15) is 30.5 Å². The van der Waals surface area contributed by atoms with Crippen LogP contribution in [0.5, 0.6) is 5.75 Å². The van der Waals surface area contributed by atoms with Gasteiger partial charge in [0, 0.05) is 22.6 Å². The van der Waals surface area contributed by atoms with Gasteiger partial charge in [0.15, 0.2) is 6.10 Å². The summed E-state index contributed by atoms with van der Waals surface area (Å²) in [5.74, 6) is 0.529.